The molecule has 0 aromatic carbocycles. The average Bonchev–Trinajstić information content (AvgIpc) is 2.92. The van der Waals surface area contributed by atoms with Crippen LogP contribution in [-0.4, -0.2) is 18.0 Å². The van der Waals surface area contributed by atoms with Crippen molar-refractivity contribution in [2.24, 2.45) is 11.7 Å². The summed E-state index contributed by atoms with van der Waals surface area (Å²) in [6.45, 7) is 2.05. The maximum absolute atomic E-state index is 12.1. The van der Waals surface area contributed by atoms with Crippen LogP contribution < -0.4 is 11.1 Å². The van der Waals surface area contributed by atoms with E-state index in [0.29, 0.717) is 5.92 Å². The number of carbonyl (C=O) groups excluding carboxylic acids is 1. The van der Waals surface area contributed by atoms with Gasteiger partial charge in [0, 0.05) is 17.3 Å². The molecule has 0 radical (unpaired) electrons. The van der Waals surface area contributed by atoms with Crippen LogP contribution in [0.15, 0.2) is 17.5 Å². The smallest absolute Gasteiger partial charge is 0.237 e. The van der Waals surface area contributed by atoms with Crippen LogP contribution in [0.1, 0.15) is 50.3 Å². The fourth-order valence-electron chi connectivity index (χ4n) is 3.02. The number of hydrogen-bond acceptors (Lipinski definition) is 3. The first-order chi connectivity index (χ1) is 9.65. The van der Waals surface area contributed by atoms with E-state index in [2.05, 4.69) is 16.8 Å². The van der Waals surface area contributed by atoms with E-state index in [1.54, 1.807) is 11.3 Å². The number of carbonyl (C=O) groups is 1. The molecule has 2 unspecified atom stereocenters. The summed E-state index contributed by atoms with van der Waals surface area (Å²) < 4.78 is 0. The molecule has 1 amide bonds. The molecule has 1 heterocycles. The van der Waals surface area contributed by atoms with Crippen molar-refractivity contribution in [2.75, 3.05) is 0 Å². The van der Waals surface area contributed by atoms with E-state index in [-0.39, 0.29) is 18.0 Å². The maximum atomic E-state index is 12.1. The van der Waals surface area contributed by atoms with Crippen LogP contribution in [0.3, 0.4) is 0 Å². The van der Waals surface area contributed by atoms with E-state index in [9.17, 15) is 4.79 Å². The third kappa shape index (κ3) is 4.91. The van der Waals surface area contributed by atoms with Gasteiger partial charge in [-0.3, -0.25) is 4.79 Å². The first kappa shape index (κ1) is 15.5. The second-order valence-corrected chi connectivity index (χ2v) is 7.07. The monoisotopic (exact) mass is 294 g/mol. The van der Waals surface area contributed by atoms with Gasteiger partial charge in [-0.25, -0.2) is 0 Å². The molecule has 1 aliphatic carbocycles. The Morgan fingerprint density at radius 1 is 1.45 bits per heavy atom. The fraction of sp³-hybridized carbons (Fsp3) is 0.688. The topological polar surface area (TPSA) is 55.1 Å². The van der Waals surface area contributed by atoms with Gasteiger partial charge in [-0.05, 0) is 30.7 Å². The van der Waals surface area contributed by atoms with Crippen LogP contribution in [0, 0.1) is 5.92 Å². The van der Waals surface area contributed by atoms with Crippen molar-refractivity contribution >= 4 is 17.2 Å². The lowest BCUT2D eigenvalue weighted by Crippen LogP contribution is -2.46. The first-order valence-corrected chi connectivity index (χ1v) is 8.61. The van der Waals surface area contributed by atoms with Crippen molar-refractivity contribution in [1.29, 1.82) is 0 Å². The quantitative estimate of drug-likeness (QED) is 0.847. The number of hydrogen-bond donors (Lipinski definition) is 2. The van der Waals surface area contributed by atoms with E-state index in [0.717, 1.165) is 12.8 Å². The van der Waals surface area contributed by atoms with Crippen LogP contribution >= 0.6 is 11.3 Å². The highest BCUT2D eigenvalue weighted by molar-refractivity contribution is 7.09. The van der Waals surface area contributed by atoms with Gasteiger partial charge in [-0.2, -0.15) is 0 Å². The molecule has 20 heavy (non-hydrogen) atoms. The van der Waals surface area contributed by atoms with Gasteiger partial charge in [-0.15, -0.1) is 11.3 Å². The minimum Gasteiger partial charge on any atom is -0.352 e. The van der Waals surface area contributed by atoms with Crippen molar-refractivity contribution < 1.29 is 4.79 Å². The molecule has 3 N–H and O–H groups in total. The molecule has 1 aliphatic rings. The number of thiophene rings is 1. The minimum atomic E-state index is -0.344. The molecule has 2 rings (SSSR count). The Morgan fingerprint density at radius 2 is 2.20 bits per heavy atom. The SMILES string of the molecule is CC(Cc1cccs1)NC(=O)C(N)CC1CCCCC1. The van der Waals surface area contributed by atoms with Gasteiger partial charge in [0.25, 0.3) is 0 Å². The molecule has 0 bridgehead atoms. The molecule has 1 aromatic heterocycles. The highest BCUT2D eigenvalue weighted by Crippen LogP contribution is 2.27. The molecular weight excluding hydrogens is 268 g/mol. The van der Waals surface area contributed by atoms with Crippen molar-refractivity contribution in [1.82, 2.24) is 5.32 Å². The second kappa shape index (κ2) is 7.79. The lowest BCUT2D eigenvalue weighted by Gasteiger charge is -2.25. The summed E-state index contributed by atoms with van der Waals surface area (Å²) in [5.74, 6) is 0.664. The van der Waals surface area contributed by atoms with Crippen molar-refractivity contribution in [3.8, 4) is 0 Å². The molecule has 1 saturated carbocycles. The van der Waals surface area contributed by atoms with E-state index in [1.807, 2.05) is 13.0 Å². The minimum absolute atomic E-state index is 0.0135. The summed E-state index contributed by atoms with van der Waals surface area (Å²) in [6.07, 6.45) is 8.16. The van der Waals surface area contributed by atoms with Crippen LogP contribution in [0.25, 0.3) is 0 Å². The largest absolute Gasteiger partial charge is 0.352 e. The summed E-state index contributed by atoms with van der Waals surface area (Å²) >= 11 is 1.73. The van der Waals surface area contributed by atoms with Gasteiger partial charge in [-0.1, -0.05) is 38.2 Å². The van der Waals surface area contributed by atoms with E-state index in [4.69, 9.17) is 5.73 Å². The van der Waals surface area contributed by atoms with Crippen LogP contribution in [0.2, 0.25) is 0 Å². The van der Waals surface area contributed by atoms with Gasteiger partial charge in [0.2, 0.25) is 5.91 Å². The molecule has 112 valence electrons. The predicted molar refractivity (Wildman–Crippen MR) is 84.8 cm³/mol. The van der Waals surface area contributed by atoms with Crippen molar-refractivity contribution in [2.45, 2.75) is 64.0 Å². The summed E-state index contributed by atoms with van der Waals surface area (Å²) in [7, 11) is 0. The predicted octanol–water partition coefficient (Wildman–Crippen LogP) is 3.09. The summed E-state index contributed by atoms with van der Waals surface area (Å²) in [5, 5.41) is 5.12. The van der Waals surface area contributed by atoms with E-state index in [1.165, 1.54) is 37.0 Å². The van der Waals surface area contributed by atoms with E-state index < -0.39 is 0 Å². The summed E-state index contributed by atoms with van der Waals surface area (Å²) in [5.41, 5.74) is 6.06. The normalized spacial score (nSPS) is 19.5. The lowest BCUT2D eigenvalue weighted by atomic mass is 9.85. The van der Waals surface area contributed by atoms with Gasteiger partial charge in [0.1, 0.15) is 0 Å². The highest BCUT2D eigenvalue weighted by atomic mass is 32.1. The van der Waals surface area contributed by atoms with Gasteiger partial charge < -0.3 is 11.1 Å². The molecule has 3 nitrogen and oxygen atoms in total. The van der Waals surface area contributed by atoms with Crippen LogP contribution in [0.5, 0.6) is 0 Å². The Balaban J connectivity index is 1.72. The Bertz CT molecular complexity index is 399. The molecule has 2 atom stereocenters. The molecule has 4 heteroatoms. The zero-order chi connectivity index (χ0) is 14.4. The number of rotatable bonds is 6. The molecule has 0 saturated heterocycles. The fourth-order valence-corrected chi connectivity index (χ4v) is 3.86. The molecule has 0 spiro atoms. The number of nitrogens with two attached hydrogens (primary N) is 1. The zero-order valence-corrected chi connectivity index (χ0v) is 13.1. The van der Waals surface area contributed by atoms with E-state index >= 15 is 0 Å². The molecular formula is C16H26N2OS. The number of nitrogens with one attached hydrogen (secondary N) is 1. The van der Waals surface area contributed by atoms with Crippen LogP contribution in [-0.2, 0) is 11.2 Å². The van der Waals surface area contributed by atoms with Crippen molar-refractivity contribution in [3.63, 3.8) is 0 Å². The first-order valence-electron chi connectivity index (χ1n) is 7.73. The third-order valence-electron chi connectivity index (χ3n) is 4.12. The van der Waals surface area contributed by atoms with Gasteiger partial charge in [0.05, 0.1) is 6.04 Å². The van der Waals surface area contributed by atoms with Crippen molar-refractivity contribution in [3.05, 3.63) is 22.4 Å². The molecule has 0 aliphatic heterocycles. The highest BCUT2D eigenvalue weighted by Gasteiger charge is 2.22. The Labute approximate surface area is 125 Å². The molecule has 1 fully saturated rings. The standard InChI is InChI=1S/C16H26N2OS/c1-12(10-14-8-5-9-20-14)18-16(19)15(17)11-13-6-3-2-4-7-13/h5,8-9,12-13,15H,2-4,6-7,10-11,17H2,1H3,(H,18,19). The van der Waals surface area contributed by atoms with Gasteiger partial charge in [0.15, 0.2) is 0 Å². The molecule has 1 aromatic rings. The Hall–Kier alpha value is -0.870. The number of amides is 1. The summed E-state index contributed by atoms with van der Waals surface area (Å²) in [6, 6.07) is 3.96. The second-order valence-electron chi connectivity index (χ2n) is 6.04. The Morgan fingerprint density at radius 3 is 2.85 bits per heavy atom. The third-order valence-corrected chi connectivity index (χ3v) is 5.02. The Kier molecular flexibility index (Phi) is 6.05. The zero-order valence-electron chi connectivity index (χ0n) is 12.3. The maximum Gasteiger partial charge on any atom is 0.237 e. The average molecular weight is 294 g/mol. The summed E-state index contributed by atoms with van der Waals surface area (Å²) in [4.78, 5) is 13.4. The van der Waals surface area contributed by atoms with Gasteiger partial charge >= 0.3 is 0 Å². The van der Waals surface area contributed by atoms with Crippen LogP contribution in [0.4, 0.5) is 0 Å². The lowest BCUT2D eigenvalue weighted by molar-refractivity contribution is -0.123.